The first-order chi connectivity index (χ1) is 8.10. The molecule has 1 aliphatic carbocycles. The van der Waals surface area contributed by atoms with Gasteiger partial charge in [0.25, 0.3) is 0 Å². The summed E-state index contributed by atoms with van der Waals surface area (Å²) in [5.74, 6) is 1.95. The van der Waals surface area contributed by atoms with Gasteiger partial charge in [0, 0.05) is 6.04 Å². The first-order valence-corrected chi connectivity index (χ1v) is 6.23. The second-order valence-electron chi connectivity index (χ2n) is 4.67. The summed E-state index contributed by atoms with van der Waals surface area (Å²) < 4.78 is 0. The standard InChI is InChI=1S/C12H16ClN3O/c1-7(5-9-3-4-9)14-12-10(6-17)11(13)15-8(2)16-12/h6-7,9H,3-5H2,1-2H3,(H,14,15,16). The topological polar surface area (TPSA) is 54.9 Å². The van der Waals surface area contributed by atoms with Gasteiger partial charge in [0.1, 0.15) is 16.8 Å². The highest BCUT2D eigenvalue weighted by molar-refractivity contribution is 6.32. The molecule has 1 unspecified atom stereocenters. The van der Waals surface area contributed by atoms with Crippen LogP contribution in [0, 0.1) is 12.8 Å². The van der Waals surface area contributed by atoms with Gasteiger partial charge in [-0.25, -0.2) is 9.97 Å². The highest BCUT2D eigenvalue weighted by atomic mass is 35.5. The third-order valence-corrected chi connectivity index (χ3v) is 3.18. The lowest BCUT2D eigenvalue weighted by atomic mass is 10.1. The Kier molecular flexibility index (Phi) is 3.62. The van der Waals surface area contributed by atoms with Gasteiger partial charge in [-0.2, -0.15) is 0 Å². The lowest BCUT2D eigenvalue weighted by Gasteiger charge is -2.16. The maximum Gasteiger partial charge on any atom is 0.156 e. The smallest absolute Gasteiger partial charge is 0.156 e. The first-order valence-electron chi connectivity index (χ1n) is 5.86. The van der Waals surface area contributed by atoms with E-state index in [9.17, 15) is 4.79 Å². The quantitative estimate of drug-likeness (QED) is 0.648. The van der Waals surface area contributed by atoms with Gasteiger partial charge in [0.15, 0.2) is 6.29 Å². The number of rotatable bonds is 5. The van der Waals surface area contributed by atoms with E-state index in [4.69, 9.17) is 11.6 Å². The molecule has 1 N–H and O–H groups in total. The fourth-order valence-corrected chi connectivity index (χ4v) is 2.16. The molecule has 5 heteroatoms. The van der Waals surface area contributed by atoms with Crippen LogP contribution in [0.1, 0.15) is 42.4 Å². The summed E-state index contributed by atoms with van der Waals surface area (Å²) >= 11 is 5.91. The SMILES string of the molecule is Cc1nc(Cl)c(C=O)c(NC(C)CC2CC2)n1. The van der Waals surface area contributed by atoms with Crippen molar-refractivity contribution in [3.05, 3.63) is 16.5 Å². The molecule has 0 bridgehead atoms. The number of nitrogens with zero attached hydrogens (tertiary/aromatic N) is 2. The van der Waals surface area contributed by atoms with Gasteiger partial charge in [0.05, 0.1) is 5.56 Å². The largest absolute Gasteiger partial charge is 0.367 e. The highest BCUT2D eigenvalue weighted by Gasteiger charge is 2.24. The van der Waals surface area contributed by atoms with Gasteiger partial charge in [-0.15, -0.1) is 0 Å². The highest BCUT2D eigenvalue weighted by Crippen LogP contribution is 2.34. The van der Waals surface area contributed by atoms with Crippen LogP contribution >= 0.6 is 11.6 Å². The number of aldehydes is 1. The fourth-order valence-electron chi connectivity index (χ4n) is 1.91. The monoisotopic (exact) mass is 253 g/mol. The van der Waals surface area contributed by atoms with Crippen LogP contribution in [0.4, 0.5) is 5.82 Å². The molecule has 1 aromatic rings. The molecule has 1 fully saturated rings. The number of halogens is 1. The molecule has 0 radical (unpaired) electrons. The third-order valence-electron chi connectivity index (χ3n) is 2.90. The Hall–Kier alpha value is -1.16. The summed E-state index contributed by atoms with van der Waals surface area (Å²) in [6.45, 7) is 3.86. The van der Waals surface area contributed by atoms with Crippen LogP contribution in [0.15, 0.2) is 0 Å². The van der Waals surface area contributed by atoms with E-state index in [1.165, 1.54) is 12.8 Å². The van der Waals surface area contributed by atoms with Gasteiger partial charge in [-0.3, -0.25) is 4.79 Å². The number of anilines is 1. The zero-order valence-corrected chi connectivity index (χ0v) is 10.8. The van der Waals surface area contributed by atoms with Crippen LogP contribution in [-0.4, -0.2) is 22.3 Å². The average molecular weight is 254 g/mol. The second kappa shape index (κ2) is 5.00. The molecule has 1 heterocycles. The Balaban J connectivity index is 2.14. The van der Waals surface area contributed by atoms with Crippen molar-refractivity contribution >= 4 is 23.7 Å². The Bertz CT molecular complexity index is 432. The van der Waals surface area contributed by atoms with Crippen molar-refractivity contribution in [2.75, 3.05) is 5.32 Å². The van der Waals surface area contributed by atoms with E-state index in [0.29, 0.717) is 29.5 Å². The molecule has 0 aliphatic heterocycles. The number of hydrogen-bond donors (Lipinski definition) is 1. The molecule has 0 aromatic carbocycles. The minimum atomic E-state index is 0.216. The Morgan fingerprint density at radius 3 is 2.82 bits per heavy atom. The number of carbonyl (C=O) groups is 1. The minimum Gasteiger partial charge on any atom is -0.367 e. The molecule has 17 heavy (non-hydrogen) atoms. The third kappa shape index (κ3) is 3.16. The lowest BCUT2D eigenvalue weighted by Crippen LogP contribution is -2.18. The van der Waals surface area contributed by atoms with E-state index in [2.05, 4.69) is 22.2 Å². The molecule has 1 saturated carbocycles. The van der Waals surface area contributed by atoms with Crippen LogP contribution in [0.2, 0.25) is 5.15 Å². The normalized spacial score (nSPS) is 16.6. The first kappa shape index (κ1) is 12.3. The van der Waals surface area contributed by atoms with Crippen LogP contribution < -0.4 is 5.32 Å². The molecule has 2 rings (SSSR count). The summed E-state index contributed by atoms with van der Waals surface area (Å²) in [6.07, 6.45) is 4.44. The minimum absolute atomic E-state index is 0.216. The van der Waals surface area contributed by atoms with Gasteiger partial charge in [-0.1, -0.05) is 24.4 Å². The van der Waals surface area contributed by atoms with Crippen LogP contribution in [0.3, 0.4) is 0 Å². The van der Waals surface area contributed by atoms with Gasteiger partial charge < -0.3 is 5.32 Å². The average Bonchev–Trinajstić information content (AvgIpc) is 3.00. The van der Waals surface area contributed by atoms with Crippen molar-refractivity contribution in [2.24, 2.45) is 5.92 Å². The van der Waals surface area contributed by atoms with Crippen LogP contribution in [0.5, 0.6) is 0 Å². The predicted molar refractivity (Wildman–Crippen MR) is 67.6 cm³/mol. The summed E-state index contributed by atoms with van der Waals surface area (Å²) in [4.78, 5) is 19.2. The van der Waals surface area contributed by atoms with Gasteiger partial charge in [0.2, 0.25) is 0 Å². The summed E-state index contributed by atoms with van der Waals surface area (Å²) in [5.41, 5.74) is 0.347. The van der Waals surface area contributed by atoms with Crippen molar-refractivity contribution < 1.29 is 4.79 Å². The lowest BCUT2D eigenvalue weighted by molar-refractivity contribution is 0.112. The summed E-state index contributed by atoms with van der Waals surface area (Å²) in [5, 5.41) is 3.46. The molecule has 4 nitrogen and oxygen atoms in total. The molecule has 1 atom stereocenters. The second-order valence-corrected chi connectivity index (χ2v) is 5.02. The Morgan fingerprint density at radius 1 is 1.53 bits per heavy atom. The molecule has 1 aliphatic rings. The number of aromatic nitrogens is 2. The number of aryl methyl sites for hydroxylation is 1. The van der Waals surface area contributed by atoms with Gasteiger partial charge in [-0.05, 0) is 26.2 Å². The van der Waals surface area contributed by atoms with Crippen molar-refractivity contribution in [3.8, 4) is 0 Å². The fraction of sp³-hybridized carbons (Fsp3) is 0.583. The molecule has 0 spiro atoms. The predicted octanol–water partition coefficient (Wildman–Crippen LogP) is 2.85. The van der Waals surface area contributed by atoms with Crippen molar-refractivity contribution in [3.63, 3.8) is 0 Å². The zero-order valence-electron chi connectivity index (χ0n) is 10.0. The van der Waals surface area contributed by atoms with Crippen molar-refractivity contribution in [1.82, 2.24) is 9.97 Å². The van der Waals surface area contributed by atoms with E-state index in [0.717, 1.165) is 12.3 Å². The zero-order chi connectivity index (χ0) is 12.4. The molecule has 0 amide bonds. The Morgan fingerprint density at radius 2 is 2.24 bits per heavy atom. The Labute approximate surface area is 106 Å². The maximum atomic E-state index is 11.0. The summed E-state index contributed by atoms with van der Waals surface area (Å²) in [7, 11) is 0. The number of nitrogens with one attached hydrogen (secondary N) is 1. The van der Waals surface area contributed by atoms with E-state index in [1.54, 1.807) is 6.92 Å². The molecule has 0 saturated heterocycles. The molecule has 1 aromatic heterocycles. The van der Waals surface area contributed by atoms with Gasteiger partial charge >= 0.3 is 0 Å². The number of hydrogen-bond acceptors (Lipinski definition) is 4. The van der Waals surface area contributed by atoms with E-state index < -0.39 is 0 Å². The van der Waals surface area contributed by atoms with E-state index in [-0.39, 0.29) is 5.15 Å². The van der Waals surface area contributed by atoms with Crippen LogP contribution in [-0.2, 0) is 0 Å². The summed E-state index contributed by atoms with van der Waals surface area (Å²) in [6, 6.07) is 0.298. The van der Waals surface area contributed by atoms with E-state index >= 15 is 0 Å². The maximum absolute atomic E-state index is 11.0. The van der Waals surface area contributed by atoms with Crippen molar-refractivity contribution in [2.45, 2.75) is 39.2 Å². The molecule has 92 valence electrons. The molecular formula is C12H16ClN3O. The van der Waals surface area contributed by atoms with Crippen molar-refractivity contribution in [1.29, 1.82) is 0 Å². The molecular weight excluding hydrogens is 238 g/mol. The van der Waals surface area contributed by atoms with Crippen LogP contribution in [0.25, 0.3) is 0 Å². The van der Waals surface area contributed by atoms with E-state index in [1.807, 2.05) is 0 Å². The number of carbonyl (C=O) groups excluding carboxylic acids is 1.